The van der Waals surface area contributed by atoms with Gasteiger partial charge in [0.25, 0.3) is 0 Å². The SMILES string of the molecule is C[C@H]1CCN(c2nccnc2C#N)CCN1Cc1ccccc1. The van der Waals surface area contributed by atoms with Crippen LogP contribution in [-0.4, -0.2) is 40.5 Å². The van der Waals surface area contributed by atoms with E-state index in [-0.39, 0.29) is 0 Å². The Kier molecular flexibility index (Phi) is 4.84. The third-order valence-corrected chi connectivity index (χ3v) is 4.41. The molecule has 3 rings (SSSR count). The Bertz CT molecular complexity index is 679. The van der Waals surface area contributed by atoms with E-state index in [0.29, 0.717) is 17.6 Å². The molecule has 1 aromatic heterocycles. The highest BCUT2D eigenvalue weighted by Gasteiger charge is 2.23. The molecule has 0 aliphatic carbocycles. The zero-order chi connectivity index (χ0) is 16.1. The van der Waals surface area contributed by atoms with Gasteiger partial charge in [-0.05, 0) is 18.9 Å². The van der Waals surface area contributed by atoms with Gasteiger partial charge in [-0.3, -0.25) is 4.90 Å². The highest BCUT2D eigenvalue weighted by molar-refractivity contribution is 5.49. The van der Waals surface area contributed by atoms with Crippen LogP contribution in [0.1, 0.15) is 24.6 Å². The van der Waals surface area contributed by atoms with Crippen LogP contribution in [0.5, 0.6) is 0 Å². The number of aromatic nitrogens is 2. The van der Waals surface area contributed by atoms with E-state index in [4.69, 9.17) is 0 Å². The Morgan fingerprint density at radius 2 is 1.91 bits per heavy atom. The summed E-state index contributed by atoms with van der Waals surface area (Å²) in [7, 11) is 0. The van der Waals surface area contributed by atoms with Crippen LogP contribution in [0.4, 0.5) is 5.82 Å². The molecule has 1 saturated heterocycles. The van der Waals surface area contributed by atoms with Gasteiger partial charge in [-0.15, -0.1) is 0 Å². The smallest absolute Gasteiger partial charge is 0.183 e. The van der Waals surface area contributed by atoms with Crippen LogP contribution in [0.2, 0.25) is 0 Å². The maximum Gasteiger partial charge on any atom is 0.183 e. The van der Waals surface area contributed by atoms with Gasteiger partial charge in [-0.2, -0.15) is 5.26 Å². The molecule has 118 valence electrons. The molecule has 0 radical (unpaired) electrons. The fraction of sp³-hybridized carbons (Fsp3) is 0.389. The van der Waals surface area contributed by atoms with E-state index in [2.05, 4.69) is 63.1 Å². The summed E-state index contributed by atoms with van der Waals surface area (Å²) < 4.78 is 0. The molecule has 1 aliphatic heterocycles. The lowest BCUT2D eigenvalue weighted by Gasteiger charge is -2.26. The molecule has 0 spiro atoms. The van der Waals surface area contributed by atoms with E-state index in [1.165, 1.54) is 5.56 Å². The van der Waals surface area contributed by atoms with Gasteiger partial charge in [0.1, 0.15) is 6.07 Å². The van der Waals surface area contributed by atoms with E-state index in [1.807, 2.05) is 0 Å². The second-order valence-corrected chi connectivity index (χ2v) is 5.92. The van der Waals surface area contributed by atoms with E-state index in [0.717, 1.165) is 32.6 Å². The number of anilines is 1. The standard InChI is InChI=1S/C18H21N5/c1-15-7-10-22(18-17(13-19)20-8-9-21-18)11-12-23(15)14-16-5-3-2-4-6-16/h2-6,8-9,15H,7,10-12,14H2,1H3/t15-/m0/s1. The second-order valence-electron chi connectivity index (χ2n) is 5.92. The Hall–Kier alpha value is -2.45. The summed E-state index contributed by atoms with van der Waals surface area (Å²) in [6.07, 6.45) is 4.28. The third-order valence-electron chi connectivity index (χ3n) is 4.41. The molecule has 0 saturated carbocycles. The third kappa shape index (κ3) is 3.66. The normalized spacial score (nSPS) is 19.1. The molecule has 2 aromatic rings. The van der Waals surface area contributed by atoms with E-state index in [1.54, 1.807) is 12.4 Å². The summed E-state index contributed by atoms with van der Waals surface area (Å²) >= 11 is 0. The van der Waals surface area contributed by atoms with Gasteiger partial charge in [-0.25, -0.2) is 9.97 Å². The van der Waals surface area contributed by atoms with Crippen LogP contribution in [0.25, 0.3) is 0 Å². The summed E-state index contributed by atoms with van der Waals surface area (Å²) in [5.41, 5.74) is 1.75. The average Bonchev–Trinajstić information content (AvgIpc) is 2.78. The Morgan fingerprint density at radius 1 is 1.13 bits per heavy atom. The van der Waals surface area contributed by atoms with Crippen LogP contribution in [0.15, 0.2) is 42.7 Å². The minimum atomic E-state index is 0.414. The van der Waals surface area contributed by atoms with Crippen molar-refractivity contribution in [2.75, 3.05) is 24.5 Å². The number of hydrogen-bond acceptors (Lipinski definition) is 5. The quantitative estimate of drug-likeness (QED) is 0.872. The maximum atomic E-state index is 9.23. The van der Waals surface area contributed by atoms with Crippen molar-refractivity contribution in [1.82, 2.24) is 14.9 Å². The van der Waals surface area contributed by atoms with Gasteiger partial charge < -0.3 is 4.90 Å². The number of nitrogens with zero attached hydrogens (tertiary/aromatic N) is 5. The minimum absolute atomic E-state index is 0.414. The maximum absolute atomic E-state index is 9.23. The highest BCUT2D eigenvalue weighted by atomic mass is 15.3. The first-order chi connectivity index (χ1) is 11.3. The van der Waals surface area contributed by atoms with Gasteiger partial charge >= 0.3 is 0 Å². The molecular formula is C18H21N5. The van der Waals surface area contributed by atoms with Gasteiger partial charge in [0.05, 0.1) is 0 Å². The van der Waals surface area contributed by atoms with Crippen LogP contribution in [-0.2, 0) is 6.54 Å². The van der Waals surface area contributed by atoms with Gasteiger partial charge in [0, 0.05) is 44.6 Å². The summed E-state index contributed by atoms with van der Waals surface area (Å²) in [5, 5.41) is 9.23. The van der Waals surface area contributed by atoms with Crippen LogP contribution >= 0.6 is 0 Å². The zero-order valence-corrected chi connectivity index (χ0v) is 13.4. The van der Waals surface area contributed by atoms with Crippen molar-refractivity contribution < 1.29 is 0 Å². The van der Waals surface area contributed by atoms with Gasteiger partial charge in [-0.1, -0.05) is 30.3 Å². The summed E-state index contributed by atoms with van der Waals surface area (Å²) in [6, 6.07) is 13.2. The molecule has 1 atom stereocenters. The molecule has 5 heteroatoms. The van der Waals surface area contributed by atoms with Crippen molar-refractivity contribution in [2.45, 2.75) is 25.9 Å². The van der Waals surface area contributed by atoms with E-state index in [9.17, 15) is 5.26 Å². The molecule has 23 heavy (non-hydrogen) atoms. The fourth-order valence-electron chi connectivity index (χ4n) is 3.01. The first-order valence-electron chi connectivity index (χ1n) is 8.02. The minimum Gasteiger partial charge on any atom is -0.353 e. The van der Waals surface area contributed by atoms with Crippen molar-refractivity contribution in [2.24, 2.45) is 0 Å². The van der Waals surface area contributed by atoms with Gasteiger partial charge in [0.2, 0.25) is 0 Å². The molecule has 0 unspecified atom stereocenters. The molecule has 2 heterocycles. The first kappa shape index (κ1) is 15.4. The lowest BCUT2D eigenvalue weighted by molar-refractivity contribution is 0.212. The van der Waals surface area contributed by atoms with Crippen LogP contribution < -0.4 is 4.90 Å². The van der Waals surface area contributed by atoms with Crippen molar-refractivity contribution in [1.29, 1.82) is 5.26 Å². The largest absolute Gasteiger partial charge is 0.353 e. The monoisotopic (exact) mass is 307 g/mol. The van der Waals surface area contributed by atoms with Crippen molar-refractivity contribution in [3.8, 4) is 6.07 Å². The first-order valence-corrected chi connectivity index (χ1v) is 8.02. The Balaban J connectivity index is 1.72. The molecule has 1 aromatic carbocycles. The lowest BCUT2D eigenvalue weighted by atomic mass is 10.1. The lowest BCUT2D eigenvalue weighted by Crippen LogP contribution is -2.34. The molecule has 5 nitrogen and oxygen atoms in total. The van der Waals surface area contributed by atoms with E-state index < -0.39 is 0 Å². The van der Waals surface area contributed by atoms with Crippen molar-refractivity contribution in [3.63, 3.8) is 0 Å². The Labute approximate surface area is 137 Å². The molecule has 1 aliphatic rings. The van der Waals surface area contributed by atoms with E-state index >= 15 is 0 Å². The predicted molar refractivity (Wildman–Crippen MR) is 89.9 cm³/mol. The zero-order valence-electron chi connectivity index (χ0n) is 13.4. The molecule has 0 amide bonds. The van der Waals surface area contributed by atoms with Gasteiger partial charge in [0.15, 0.2) is 11.5 Å². The fourth-order valence-corrected chi connectivity index (χ4v) is 3.01. The molecular weight excluding hydrogens is 286 g/mol. The number of benzene rings is 1. The molecule has 0 N–H and O–H groups in total. The topological polar surface area (TPSA) is 56.1 Å². The molecule has 0 bridgehead atoms. The van der Waals surface area contributed by atoms with Crippen LogP contribution in [0.3, 0.4) is 0 Å². The van der Waals surface area contributed by atoms with Crippen molar-refractivity contribution in [3.05, 3.63) is 54.0 Å². The number of hydrogen-bond donors (Lipinski definition) is 0. The van der Waals surface area contributed by atoms with Crippen molar-refractivity contribution >= 4 is 5.82 Å². The average molecular weight is 307 g/mol. The number of rotatable bonds is 3. The number of nitriles is 1. The highest BCUT2D eigenvalue weighted by Crippen LogP contribution is 2.20. The second kappa shape index (κ2) is 7.21. The Morgan fingerprint density at radius 3 is 2.70 bits per heavy atom. The predicted octanol–water partition coefficient (Wildman–Crippen LogP) is 2.45. The van der Waals surface area contributed by atoms with Crippen LogP contribution in [0, 0.1) is 11.3 Å². The molecule has 1 fully saturated rings. The summed E-state index contributed by atoms with van der Waals surface area (Å²) in [4.78, 5) is 13.2. The summed E-state index contributed by atoms with van der Waals surface area (Å²) in [5.74, 6) is 0.712. The summed E-state index contributed by atoms with van der Waals surface area (Å²) in [6.45, 7) is 5.96.